The van der Waals surface area contributed by atoms with Crippen LogP contribution in [-0.4, -0.2) is 5.11 Å². The Balaban J connectivity index is 2.84. The van der Waals surface area contributed by atoms with Crippen LogP contribution in [0, 0.1) is 0 Å². The summed E-state index contributed by atoms with van der Waals surface area (Å²) in [6.45, 7) is 7.95. The predicted octanol–water partition coefficient (Wildman–Crippen LogP) is 3.46. The number of rotatable bonds is 4. The van der Waals surface area contributed by atoms with Gasteiger partial charge in [-0.3, -0.25) is 0 Å². The minimum atomic E-state index is 0.402. The monoisotopic (exact) mass is 190 g/mol. The fraction of sp³-hybridized carbons (Fsp3) is 0.385. The van der Waals surface area contributed by atoms with E-state index in [4.69, 9.17) is 0 Å². The number of phenolic OH excluding ortho intramolecular Hbond substituents is 1. The van der Waals surface area contributed by atoms with Gasteiger partial charge in [0.1, 0.15) is 5.75 Å². The highest BCUT2D eigenvalue weighted by molar-refractivity contribution is 5.38. The molecule has 1 heteroatoms. The summed E-state index contributed by atoms with van der Waals surface area (Å²) in [6, 6.07) is 5.94. The summed E-state index contributed by atoms with van der Waals surface area (Å²) in [5.41, 5.74) is 3.25. The van der Waals surface area contributed by atoms with Gasteiger partial charge in [-0.25, -0.2) is 0 Å². The van der Waals surface area contributed by atoms with Crippen molar-refractivity contribution in [3.8, 4) is 5.75 Å². The van der Waals surface area contributed by atoms with E-state index in [1.165, 1.54) is 5.56 Å². The molecule has 0 amide bonds. The second kappa shape index (κ2) is 4.85. The van der Waals surface area contributed by atoms with Crippen LogP contribution in [0.5, 0.6) is 5.75 Å². The van der Waals surface area contributed by atoms with Crippen LogP contribution in [0.15, 0.2) is 30.4 Å². The zero-order valence-electron chi connectivity index (χ0n) is 9.01. The van der Waals surface area contributed by atoms with Crippen molar-refractivity contribution in [3.05, 3.63) is 41.5 Å². The van der Waals surface area contributed by atoms with E-state index in [9.17, 15) is 5.11 Å². The molecular formula is C13H18O. The average Bonchev–Trinajstić information content (AvgIpc) is 2.10. The number of hydrogen-bond acceptors (Lipinski definition) is 1. The van der Waals surface area contributed by atoms with Crippen molar-refractivity contribution in [3.63, 3.8) is 0 Å². The second-order valence-electron chi connectivity index (χ2n) is 3.85. The van der Waals surface area contributed by atoms with Crippen LogP contribution in [0.1, 0.15) is 31.4 Å². The average molecular weight is 190 g/mol. The Morgan fingerprint density at radius 1 is 1.43 bits per heavy atom. The number of aryl methyl sites for hydroxylation is 1. The summed E-state index contributed by atoms with van der Waals surface area (Å²) >= 11 is 0. The molecule has 0 fully saturated rings. The summed E-state index contributed by atoms with van der Waals surface area (Å²) in [6.07, 6.45) is 2.90. The van der Waals surface area contributed by atoms with Gasteiger partial charge in [0.2, 0.25) is 0 Å². The third kappa shape index (κ3) is 2.91. The predicted molar refractivity (Wildman–Crippen MR) is 60.6 cm³/mol. The van der Waals surface area contributed by atoms with E-state index in [0.717, 1.165) is 30.4 Å². The molecule has 14 heavy (non-hydrogen) atoms. The highest BCUT2D eigenvalue weighted by atomic mass is 16.3. The molecule has 1 N–H and O–H groups in total. The first-order valence-corrected chi connectivity index (χ1v) is 5.08. The molecule has 1 nitrogen and oxygen atoms in total. The summed E-state index contributed by atoms with van der Waals surface area (Å²) < 4.78 is 0. The Bertz CT molecular complexity index is 326. The summed E-state index contributed by atoms with van der Waals surface area (Å²) in [5, 5.41) is 9.73. The molecule has 1 aromatic rings. The molecule has 0 aliphatic carbocycles. The third-order valence-electron chi connectivity index (χ3n) is 2.18. The Morgan fingerprint density at radius 2 is 2.14 bits per heavy atom. The van der Waals surface area contributed by atoms with E-state index in [1.807, 2.05) is 19.1 Å². The van der Waals surface area contributed by atoms with E-state index in [0.29, 0.717) is 5.75 Å². The molecule has 0 aliphatic rings. The first kappa shape index (κ1) is 10.8. The van der Waals surface area contributed by atoms with Gasteiger partial charge in [0.15, 0.2) is 0 Å². The van der Waals surface area contributed by atoms with Gasteiger partial charge < -0.3 is 5.11 Å². The highest BCUT2D eigenvalue weighted by Crippen LogP contribution is 2.21. The number of benzene rings is 1. The van der Waals surface area contributed by atoms with Crippen molar-refractivity contribution in [1.82, 2.24) is 0 Å². The Labute approximate surface area is 86.1 Å². The largest absolute Gasteiger partial charge is 0.508 e. The molecule has 76 valence electrons. The molecule has 1 aromatic carbocycles. The molecule has 0 radical (unpaired) electrons. The number of allylic oxidation sites excluding steroid dienone is 1. The highest BCUT2D eigenvalue weighted by Gasteiger charge is 2.02. The quantitative estimate of drug-likeness (QED) is 0.721. The molecular weight excluding hydrogens is 172 g/mol. The van der Waals surface area contributed by atoms with Gasteiger partial charge in [-0.05, 0) is 37.0 Å². The van der Waals surface area contributed by atoms with Crippen LogP contribution in [0.2, 0.25) is 0 Å². The minimum Gasteiger partial charge on any atom is -0.508 e. The van der Waals surface area contributed by atoms with Crippen LogP contribution in [0.25, 0.3) is 0 Å². The lowest BCUT2D eigenvalue weighted by atomic mass is 10.0. The lowest BCUT2D eigenvalue weighted by Crippen LogP contribution is -1.89. The number of aromatic hydroxyl groups is 1. The van der Waals surface area contributed by atoms with Crippen molar-refractivity contribution in [2.75, 3.05) is 0 Å². The molecule has 1 rings (SSSR count). The molecule has 0 heterocycles. The van der Waals surface area contributed by atoms with Crippen LogP contribution in [-0.2, 0) is 12.8 Å². The maximum atomic E-state index is 9.73. The van der Waals surface area contributed by atoms with Crippen LogP contribution >= 0.6 is 0 Å². The maximum absolute atomic E-state index is 9.73. The van der Waals surface area contributed by atoms with Crippen molar-refractivity contribution >= 4 is 0 Å². The fourth-order valence-corrected chi connectivity index (χ4v) is 1.53. The molecule has 0 aliphatic heterocycles. The van der Waals surface area contributed by atoms with Gasteiger partial charge in [0.25, 0.3) is 0 Å². The van der Waals surface area contributed by atoms with E-state index in [-0.39, 0.29) is 0 Å². The molecule has 0 aromatic heterocycles. The first-order valence-electron chi connectivity index (χ1n) is 5.08. The van der Waals surface area contributed by atoms with Crippen LogP contribution in [0.4, 0.5) is 0 Å². The summed E-state index contributed by atoms with van der Waals surface area (Å²) in [4.78, 5) is 0. The van der Waals surface area contributed by atoms with Crippen molar-refractivity contribution in [1.29, 1.82) is 0 Å². The fourth-order valence-electron chi connectivity index (χ4n) is 1.53. The lowest BCUT2D eigenvalue weighted by molar-refractivity contribution is 0.468. The van der Waals surface area contributed by atoms with E-state index >= 15 is 0 Å². The van der Waals surface area contributed by atoms with Crippen LogP contribution < -0.4 is 0 Å². The van der Waals surface area contributed by atoms with Gasteiger partial charge in [0, 0.05) is 0 Å². The van der Waals surface area contributed by atoms with Gasteiger partial charge in [-0.1, -0.05) is 37.6 Å². The SMILES string of the molecule is C=C(C)Cc1ccc(CCC)cc1O. The Morgan fingerprint density at radius 3 is 2.64 bits per heavy atom. The molecule has 0 spiro atoms. The second-order valence-corrected chi connectivity index (χ2v) is 3.85. The zero-order chi connectivity index (χ0) is 10.6. The summed E-state index contributed by atoms with van der Waals surface area (Å²) in [5.74, 6) is 0.402. The maximum Gasteiger partial charge on any atom is 0.119 e. The topological polar surface area (TPSA) is 20.2 Å². The number of phenols is 1. The Hall–Kier alpha value is -1.24. The van der Waals surface area contributed by atoms with Gasteiger partial charge >= 0.3 is 0 Å². The van der Waals surface area contributed by atoms with Crippen molar-refractivity contribution in [2.24, 2.45) is 0 Å². The van der Waals surface area contributed by atoms with Gasteiger partial charge in [-0.15, -0.1) is 0 Å². The zero-order valence-corrected chi connectivity index (χ0v) is 9.01. The standard InChI is InChI=1S/C13H18O/c1-4-5-11-6-7-12(8-10(2)3)13(14)9-11/h6-7,9,14H,2,4-5,8H2,1,3H3. The molecule has 0 unspecified atom stereocenters. The lowest BCUT2D eigenvalue weighted by Gasteiger charge is -2.06. The van der Waals surface area contributed by atoms with Gasteiger partial charge in [-0.2, -0.15) is 0 Å². The smallest absolute Gasteiger partial charge is 0.119 e. The minimum absolute atomic E-state index is 0.402. The van der Waals surface area contributed by atoms with Crippen molar-refractivity contribution in [2.45, 2.75) is 33.1 Å². The normalized spacial score (nSPS) is 10.1. The molecule has 0 saturated heterocycles. The van der Waals surface area contributed by atoms with E-state index in [2.05, 4.69) is 19.6 Å². The first-order chi connectivity index (χ1) is 6.63. The Kier molecular flexibility index (Phi) is 3.75. The summed E-state index contributed by atoms with van der Waals surface area (Å²) in [7, 11) is 0. The van der Waals surface area contributed by atoms with Gasteiger partial charge in [0.05, 0.1) is 0 Å². The molecule has 0 saturated carbocycles. The van der Waals surface area contributed by atoms with E-state index < -0.39 is 0 Å². The van der Waals surface area contributed by atoms with Crippen LogP contribution in [0.3, 0.4) is 0 Å². The van der Waals surface area contributed by atoms with E-state index in [1.54, 1.807) is 0 Å². The van der Waals surface area contributed by atoms with Crippen molar-refractivity contribution < 1.29 is 5.11 Å². The molecule has 0 bridgehead atoms. The third-order valence-corrected chi connectivity index (χ3v) is 2.18. The molecule has 0 atom stereocenters. The number of hydrogen-bond donors (Lipinski definition) is 1.